The van der Waals surface area contributed by atoms with Crippen molar-refractivity contribution < 1.29 is 10.2 Å². The molecule has 4 heteroatoms. The zero-order chi connectivity index (χ0) is 20.8. The lowest BCUT2D eigenvalue weighted by Gasteiger charge is -2.10. The van der Waals surface area contributed by atoms with Gasteiger partial charge in [0.25, 0.3) is 0 Å². The second-order valence-electron chi connectivity index (χ2n) is 7.93. The van der Waals surface area contributed by atoms with Gasteiger partial charge in [-0.25, -0.2) is 0 Å². The molecule has 2 aromatic carbocycles. The van der Waals surface area contributed by atoms with Crippen LogP contribution in [0.3, 0.4) is 0 Å². The summed E-state index contributed by atoms with van der Waals surface area (Å²) in [4.78, 5) is 8.80. The van der Waals surface area contributed by atoms with Crippen LogP contribution < -0.4 is 0 Å². The third-order valence-corrected chi connectivity index (χ3v) is 4.86. The summed E-state index contributed by atoms with van der Waals surface area (Å²) in [7, 11) is 0. The number of benzene rings is 2. The van der Waals surface area contributed by atoms with Crippen molar-refractivity contribution in [3.8, 4) is 11.5 Å². The van der Waals surface area contributed by atoms with Gasteiger partial charge >= 0.3 is 0 Å². The van der Waals surface area contributed by atoms with E-state index in [1.54, 1.807) is 12.4 Å². The minimum Gasteiger partial charge on any atom is -0.507 e. The molecule has 0 heterocycles. The smallest absolute Gasteiger partial charge is 0.127 e. The number of hydrogen-bond donors (Lipinski definition) is 2. The maximum absolute atomic E-state index is 10.2. The van der Waals surface area contributed by atoms with Crippen molar-refractivity contribution in [3.63, 3.8) is 0 Å². The van der Waals surface area contributed by atoms with Gasteiger partial charge in [0, 0.05) is 23.6 Å². The molecular weight excluding hydrogens is 348 g/mol. The molecule has 0 spiro atoms. The van der Waals surface area contributed by atoms with Crippen LogP contribution in [0.25, 0.3) is 0 Å². The molecule has 0 radical (unpaired) electrons. The van der Waals surface area contributed by atoms with Crippen molar-refractivity contribution in [1.82, 2.24) is 0 Å². The Kier molecular flexibility index (Phi) is 7.38. The number of rotatable bonds is 7. The van der Waals surface area contributed by atoms with Crippen LogP contribution in [-0.4, -0.2) is 35.7 Å². The summed E-state index contributed by atoms with van der Waals surface area (Å²) in [6.07, 6.45) is 3.43. The molecule has 0 aliphatic carbocycles. The van der Waals surface area contributed by atoms with E-state index in [-0.39, 0.29) is 11.5 Å². The lowest BCUT2D eigenvalue weighted by molar-refractivity contribution is 0.469. The summed E-state index contributed by atoms with van der Waals surface area (Å²) in [5, 5.41) is 20.5. The summed E-state index contributed by atoms with van der Waals surface area (Å²) in [6.45, 7) is 13.4. The Balaban J connectivity index is 2.03. The van der Waals surface area contributed by atoms with E-state index in [1.807, 2.05) is 38.1 Å². The molecule has 0 saturated heterocycles. The molecule has 0 unspecified atom stereocenters. The first-order chi connectivity index (χ1) is 13.2. The van der Waals surface area contributed by atoms with Crippen LogP contribution in [0.1, 0.15) is 72.9 Å². The third kappa shape index (κ3) is 5.44. The summed E-state index contributed by atoms with van der Waals surface area (Å²) >= 11 is 0. The van der Waals surface area contributed by atoms with Gasteiger partial charge in [-0.1, -0.05) is 39.8 Å². The molecule has 28 heavy (non-hydrogen) atoms. The van der Waals surface area contributed by atoms with Crippen LogP contribution in [-0.2, 0) is 0 Å². The van der Waals surface area contributed by atoms with Crippen LogP contribution in [0.5, 0.6) is 11.5 Å². The molecule has 2 N–H and O–H groups in total. The Labute approximate surface area is 168 Å². The van der Waals surface area contributed by atoms with Crippen LogP contribution >= 0.6 is 0 Å². The summed E-state index contributed by atoms with van der Waals surface area (Å²) in [5.41, 5.74) is 5.58. The predicted octanol–water partition coefficient (Wildman–Crippen LogP) is 5.50. The Hall–Kier alpha value is -2.62. The van der Waals surface area contributed by atoms with Gasteiger partial charge in [-0.3, -0.25) is 9.98 Å². The molecule has 0 saturated carbocycles. The Morgan fingerprint density at radius 2 is 1.07 bits per heavy atom. The minimum absolute atomic E-state index is 0.280. The van der Waals surface area contributed by atoms with Gasteiger partial charge in [-0.15, -0.1) is 0 Å². The lowest BCUT2D eigenvalue weighted by atomic mass is 9.97. The Morgan fingerprint density at radius 3 is 1.39 bits per heavy atom. The van der Waals surface area contributed by atoms with E-state index in [4.69, 9.17) is 0 Å². The van der Waals surface area contributed by atoms with Crippen molar-refractivity contribution in [2.45, 2.75) is 53.4 Å². The SMILES string of the molecule is Cc1cc(C(C)C)cc(C=NCCN=Cc2cc(C(C)C)cc(C)c2O)c1O. The van der Waals surface area contributed by atoms with Crippen molar-refractivity contribution in [2.75, 3.05) is 13.1 Å². The number of aliphatic imine (C=N–C) groups is 2. The summed E-state index contributed by atoms with van der Waals surface area (Å²) < 4.78 is 0. The van der Waals surface area contributed by atoms with Gasteiger partial charge in [0.2, 0.25) is 0 Å². The molecular formula is C24H32N2O2. The molecule has 0 fully saturated rings. The highest BCUT2D eigenvalue weighted by molar-refractivity contribution is 5.85. The average Bonchev–Trinajstić information content (AvgIpc) is 2.63. The predicted molar refractivity (Wildman–Crippen MR) is 119 cm³/mol. The second kappa shape index (κ2) is 9.54. The molecule has 0 bridgehead atoms. The Morgan fingerprint density at radius 1 is 0.714 bits per heavy atom. The van der Waals surface area contributed by atoms with Crippen molar-refractivity contribution in [3.05, 3.63) is 57.6 Å². The molecule has 0 amide bonds. The topological polar surface area (TPSA) is 65.2 Å². The molecule has 2 rings (SSSR count). The van der Waals surface area contributed by atoms with Gasteiger partial charge in [0.05, 0.1) is 13.1 Å². The summed E-state index contributed by atoms with van der Waals surface area (Å²) in [5.74, 6) is 1.35. The van der Waals surface area contributed by atoms with E-state index in [9.17, 15) is 10.2 Å². The van der Waals surface area contributed by atoms with E-state index in [0.29, 0.717) is 24.9 Å². The first-order valence-electron chi connectivity index (χ1n) is 9.87. The molecule has 2 aromatic rings. The fourth-order valence-electron chi connectivity index (χ4n) is 2.98. The first-order valence-corrected chi connectivity index (χ1v) is 9.87. The van der Waals surface area contributed by atoms with Gasteiger partial charge < -0.3 is 10.2 Å². The molecule has 0 aliphatic rings. The zero-order valence-corrected chi connectivity index (χ0v) is 17.8. The number of aryl methyl sites for hydroxylation is 2. The highest BCUT2D eigenvalue weighted by Crippen LogP contribution is 2.27. The minimum atomic E-state index is 0.280. The maximum atomic E-state index is 10.2. The van der Waals surface area contributed by atoms with Crippen molar-refractivity contribution in [2.24, 2.45) is 9.98 Å². The first kappa shape index (κ1) is 21.7. The normalized spacial score (nSPS) is 12.1. The molecule has 0 aliphatic heterocycles. The number of phenols is 2. The highest BCUT2D eigenvalue weighted by Gasteiger charge is 2.09. The maximum Gasteiger partial charge on any atom is 0.127 e. The second-order valence-corrected chi connectivity index (χ2v) is 7.93. The number of nitrogens with zero attached hydrogens (tertiary/aromatic N) is 2. The average molecular weight is 381 g/mol. The molecule has 0 atom stereocenters. The van der Waals surface area contributed by atoms with Crippen LogP contribution in [0.4, 0.5) is 0 Å². The largest absolute Gasteiger partial charge is 0.507 e. The molecule has 150 valence electrons. The highest BCUT2D eigenvalue weighted by atomic mass is 16.3. The van der Waals surface area contributed by atoms with Crippen LogP contribution in [0.2, 0.25) is 0 Å². The molecule has 4 nitrogen and oxygen atoms in total. The van der Waals surface area contributed by atoms with Gasteiger partial charge in [-0.2, -0.15) is 0 Å². The quantitative estimate of drug-likeness (QED) is 0.492. The van der Waals surface area contributed by atoms with Gasteiger partial charge in [0.1, 0.15) is 11.5 Å². The van der Waals surface area contributed by atoms with Crippen LogP contribution in [0.15, 0.2) is 34.3 Å². The van der Waals surface area contributed by atoms with Crippen molar-refractivity contribution >= 4 is 12.4 Å². The fourth-order valence-corrected chi connectivity index (χ4v) is 2.98. The van der Waals surface area contributed by atoms with Gasteiger partial charge in [0.15, 0.2) is 0 Å². The zero-order valence-electron chi connectivity index (χ0n) is 17.8. The Bertz CT molecular complexity index is 807. The van der Waals surface area contributed by atoms with Crippen molar-refractivity contribution in [1.29, 1.82) is 0 Å². The van der Waals surface area contributed by atoms with E-state index in [0.717, 1.165) is 22.3 Å². The van der Waals surface area contributed by atoms with E-state index in [1.165, 1.54) is 11.1 Å². The fraction of sp³-hybridized carbons (Fsp3) is 0.417. The third-order valence-electron chi connectivity index (χ3n) is 4.86. The lowest BCUT2D eigenvalue weighted by Crippen LogP contribution is -1.96. The standard InChI is InChI=1S/C24H32N2O2/c1-15(2)19-9-17(5)23(27)21(11-19)13-25-7-8-26-14-22-12-20(16(3)4)10-18(6)24(22)28/h9-16,27-28H,7-8H2,1-6H3. The van der Waals surface area contributed by atoms with Crippen LogP contribution in [0, 0.1) is 13.8 Å². The van der Waals surface area contributed by atoms with E-state index in [2.05, 4.69) is 37.7 Å². The number of hydrogen-bond acceptors (Lipinski definition) is 4. The number of phenolic OH excluding ortho intramolecular Hbond substituents is 2. The van der Waals surface area contributed by atoms with E-state index >= 15 is 0 Å². The van der Waals surface area contributed by atoms with E-state index < -0.39 is 0 Å². The monoisotopic (exact) mass is 380 g/mol. The summed E-state index contributed by atoms with van der Waals surface area (Å²) in [6, 6.07) is 8.00. The van der Waals surface area contributed by atoms with Gasteiger partial charge in [-0.05, 0) is 60.1 Å². The molecule has 0 aromatic heterocycles. The number of aromatic hydroxyl groups is 2.